The Morgan fingerprint density at radius 1 is 1.56 bits per heavy atom. The van der Waals surface area contributed by atoms with Crippen LogP contribution in [0.5, 0.6) is 0 Å². The average Bonchev–Trinajstić information content (AvgIpc) is 2.16. The van der Waals surface area contributed by atoms with Crippen LogP contribution in [0.15, 0.2) is 0 Å². The Kier molecular flexibility index (Phi) is 5.22. The number of likely N-dealkylation sites (tertiary alicyclic amines) is 1. The first kappa shape index (κ1) is 13.5. The summed E-state index contributed by atoms with van der Waals surface area (Å²) in [6.45, 7) is 7.70. The van der Waals surface area contributed by atoms with Gasteiger partial charge in [-0.2, -0.15) is 0 Å². The summed E-state index contributed by atoms with van der Waals surface area (Å²) in [6.07, 6.45) is 2.91. The Morgan fingerprint density at radius 2 is 2.25 bits per heavy atom. The van der Waals surface area contributed by atoms with Gasteiger partial charge in [-0.3, -0.25) is 4.79 Å². The second-order valence-electron chi connectivity index (χ2n) is 5.34. The first-order chi connectivity index (χ1) is 7.49. The number of hydrogen-bond acceptors (Lipinski definition) is 3. The molecular formula is C12H24N2O2. The van der Waals surface area contributed by atoms with E-state index in [9.17, 15) is 4.79 Å². The number of nitrogens with zero attached hydrogens (tertiary/aromatic N) is 1. The first-order valence-corrected chi connectivity index (χ1v) is 6.19. The quantitative estimate of drug-likeness (QED) is 0.741. The number of piperidine rings is 1. The van der Waals surface area contributed by atoms with Crippen molar-refractivity contribution in [3.05, 3.63) is 0 Å². The molecule has 4 nitrogen and oxygen atoms in total. The molecule has 0 aromatic rings. The van der Waals surface area contributed by atoms with E-state index in [0.29, 0.717) is 18.3 Å². The molecule has 0 bridgehead atoms. The highest BCUT2D eigenvalue weighted by atomic mass is 16.4. The zero-order valence-corrected chi connectivity index (χ0v) is 10.4. The Hall–Kier alpha value is -0.610. The highest BCUT2D eigenvalue weighted by Crippen LogP contribution is 2.21. The molecule has 0 aromatic carbocycles. The van der Waals surface area contributed by atoms with E-state index in [1.54, 1.807) is 0 Å². The SMILES string of the molecule is CC(C)CN1CCCC(CC(N)C(=O)O)C1. The number of carboxylic acids is 1. The fourth-order valence-electron chi connectivity index (χ4n) is 2.49. The molecule has 0 saturated carbocycles. The highest BCUT2D eigenvalue weighted by molar-refractivity contribution is 5.73. The summed E-state index contributed by atoms with van der Waals surface area (Å²) in [5.41, 5.74) is 5.58. The molecule has 0 aromatic heterocycles. The Morgan fingerprint density at radius 3 is 2.81 bits per heavy atom. The Bertz CT molecular complexity index is 231. The third-order valence-electron chi connectivity index (χ3n) is 3.13. The van der Waals surface area contributed by atoms with Crippen LogP contribution in [0.2, 0.25) is 0 Å². The molecule has 1 aliphatic heterocycles. The number of hydrogen-bond donors (Lipinski definition) is 2. The highest BCUT2D eigenvalue weighted by Gasteiger charge is 2.24. The van der Waals surface area contributed by atoms with Crippen molar-refractivity contribution in [1.29, 1.82) is 0 Å². The lowest BCUT2D eigenvalue weighted by Crippen LogP contribution is -2.41. The van der Waals surface area contributed by atoms with E-state index in [2.05, 4.69) is 18.7 Å². The molecule has 0 amide bonds. The smallest absolute Gasteiger partial charge is 0.320 e. The fourth-order valence-corrected chi connectivity index (χ4v) is 2.49. The number of nitrogens with two attached hydrogens (primary N) is 1. The largest absolute Gasteiger partial charge is 0.480 e. The van der Waals surface area contributed by atoms with Gasteiger partial charge in [0.25, 0.3) is 0 Å². The van der Waals surface area contributed by atoms with Crippen LogP contribution in [0.4, 0.5) is 0 Å². The van der Waals surface area contributed by atoms with E-state index in [-0.39, 0.29) is 0 Å². The molecule has 0 spiro atoms. The molecule has 0 radical (unpaired) electrons. The molecule has 1 rings (SSSR count). The van der Waals surface area contributed by atoms with Gasteiger partial charge >= 0.3 is 5.97 Å². The minimum atomic E-state index is -0.874. The van der Waals surface area contributed by atoms with Gasteiger partial charge in [0, 0.05) is 13.1 Å². The normalized spacial score (nSPS) is 24.6. The second kappa shape index (κ2) is 6.21. The van der Waals surface area contributed by atoms with E-state index >= 15 is 0 Å². The van der Waals surface area contributed by atoms with E-state index in [1.807, 2.05) is 0 Å². The van der Waals surface area contributed by atoms with Gasteiger partial charge < -0.3 is 15.7 Å². The van der Waals surface area contributed by atoms with Crippen LogP contribution in [0.25, 0.3) is 0 Å². The molecule has 2 unspecified atom stereocenters. The lowest BCUT2D eigenvalue weighted by atomic mass is 9.91. The zero-order chi connectivity index (χ0) is 12.1. The molecule has 94 valence electrons. The van der Waals surface area contributed by atoms with Gasteiger partial charge in [0.15, 0.2) is 0 Å². The van der Waals surface area contributed by atoms with Crippen LogP contribution >= 0.6 is 0 Å². The molecule has 1 aliphatic rings. The molecule has 4 heteroatoms. The predicted molar refractivity (Wildman–Crippen MR) is 64.2 cm³/mol. The molecule has 0 aliphatic carbocycles. The van der Waals surface area contributed by atoms with Gasteiger partial charge in [0.1, 0.15) is 6.04 Å². The molecule has 1 fully saturated rings. The summed E-state index contributed by atoms with van der Waals surface area (Å²) in [5.74, 6) is 0.256. The van der Waals surface area contributed by atoms with E-state index in [1.165, 1.54) is 6.42 Å². The predicted octanol–water partition coefficient (Wildman–Crippen LogP) is 1.16. The summed E-state index contributed by atoms with van der Waals surface area (Å²) in [7, 11) is 0. The molecule has 16 heavy (non-hydrogen) atoms. The Balaban J connectivity index is 2.35. The van der Waals surface area contributed by atoms with Gasteiger partial charge in [0.05, 0.1) is 0 Å². The maximum atomic E-state index is 10.7. The van der Waals surface area contributed by atoms with Crippen molar-refractivity contribution in [1.82, 2.24) is 4.90 Å². The maximum Gasteiger partial charge on any atom is 0.320 e. The third kappa shape index (κ3) is 4.49. The first-order valence-electron chi connectivity index (χ1n) is 6.19. The van der Waals surface area contributed by atoms with Gasteiger partial charge in [-0.25, -0.2) is 0 Å². The van der Waals surface area contributed by atoms with Crippen LogP contribution in [-0.4, -0.2) is 41.7 Å². The molecular weight excluding hydrogens is 204 g/mol. The van der Waals surface area contributed by atoms with Gasteiger partial charge in [-0.05, 0) is 37.6 Å². The Labute approximate surface area is 97.8 Å². The van der Waals surface area contributed by atoms with E-state index in [0.717, 1.165) is 26.1 Å². The number of rotatable bonds is 5. The monoisotopic (exact) mass is 228 g/mol. The molecule has 3 N–H and O–H groups in total. The van der Waals surface area contributed by atoms with Crippen LogP contribution < -0.4 is 5.73 Å². The lowest BCUT2D eigenvalue weighted by molar-refractivity contribution is -0.139. The summed E-state index contributed by atoms with van der Waals surface area (Å²) in [6, 6.07) is -0.691. The van der Waals surface area contributed by atoms with Crippen LogP contribution in [0.1, 0.15) is 33.1 Å². The van der Waals surface area contributed by atoms with Crippen molar-refractivity contribution >= 4 is 5.97 Å². The molecule has 2 atom stereocenters. The van der Waals surface area contributed by atoms with Crippen molar-refractivity contribution < 1.29 is 9.90 Å². The summed E-state index contributed by atoms with van der Waals surface area (Å²) < 4.78 is 0. The number of carboxylic acid groups (broad SMARTS) is 1. The average molecular weight is 228 g/mol. The fraction of sp³-hybridized carbons (Fsp3) is 0.917. The van der Waals surface area contributed by atoms with Crippen molar-refractivity contribution in [3.63, 3.8) is 0 Å². The van der Waals surface area contributed by atoms with E-state index < -0.39 is 12.0 Å². The van der Waals surface area contributed by atoms with Crippen molar-refractivity contribution in [2.75, 3.05) is 19.6 Å². The van der Waals surface area contributed by atoms with Gasteiger partial charge in [0.2, 0.25) is 0 Å². The van der Waals surface area contributed by atoms with Gasteiger partial charge in [-0.1, -0.05) is 13.8 Å². The molecule has 1 heterocycles. The van der Waals surface area contributed by atoms with Crippen molar-refractivity contribution in [2.24, 2.45) is 17.6 Å². The number of carbonyl (C=O) groups is 1. The third-order valence-corrected chi connectivity index (χ3v) is 3.13. The van der Waals surface area contributed by atoms with Crippen molar-refractivity contribution in [3.8, 4) is 0 Å². The minimum absolute atomic E-state index is 0.457. The summed E-state index contributed by atoms with van der Waals surface area (Å²) in [4.78, 5) is 13.1. The van der Waals surface area contributed by atoms with Crippen LogP contribution in [0.3, 0.4) is 0 Å². The van der Waals surface area contributed by atoms with Crippen LogP contribution in [-0.2, 0) is 4.79 Å². The summed E-state index contributed by atoms with van der Waals surface area (Å²) >= 11 is 0. The molecule has 1 saturated heterocycles. The second-order valence-corrected chi connectivity index (χ2v) is 5.34. The van der Waals surface area contributed by atoms with Crippen molar-refractivity contribution in [2.45, 2.75) is 39.2 Å². The van der Waals surface area contributed by atoms with Crippen LogP contribution in [0, 0.1) is 11.8 Å². The zero-order valence-electron chi connectivity index (χ0n) is 10.4. The number of aliphatic carboxylic acids is 1. The topological polar surface area (TPSA) is 66.6 Å². The minimum Gasteiger partial charge on any atom is -0.480 e. The standard InChI is InChI=1S/C12H24N2O2/c1-9(2)7-14-5-3-4-10(8-14)6-11(13)12(15)16/h9-11H,3-8,13H2,1-2H3,(H,15,16). The lowest BCUT2D eigenvalue weighted by Gasteiger charge is -2.34. The maximum absolute atomic E-state index is 10.7. The summed E-state index contributed by atoms with van der Waals surface area (Å²) in [5, 5.41) is 8.79. The van der Waals surface area contributed by atoms with E-state index in [4.69, 9.17) is 10.8 Å². The van der Waals surface area contributed by atoms with Gasteiger partial charge in [-0.15, -0.1) is 0 Å².